The Morgan fingerprint density at radius 2 is 1.71 bits per heavy atom. The number of hydrogen-bond acceptors (Lipinski definition) is 3. The van der Waals surface area contributed by atoms with Gasteiger partial charge in [0.2, 0.25) is 0 Å². The second kappa shape index (κ2) is 5.62. The summed E-state index contributed by atoms with van der Waals surface area (Å²) in [5.41, 5.74) is 2.17. The molecule has 0 aliphatic heterocycles. The Kier molecular flexibility index (Phi) is 4.43. The average molecular weight is 196 g/mol. The highest BCUT2D eigenvalue weighted by Crippen LogP contribution is 2.20. The van der Waals surface area contributed by atoms with Crippen molar-refractivity contribution in [1.82, 2.24) is 0 Å². The Bertz CT molecular complexity index is 284. The summed E-state index contributed by atoms with van der Waals surface area (Å²) in [5.74, 6) is 0.853. The van der Waals surface area contributed by atoms with Gasteiger partial charge in [-0.1, -0.05) is 6.07 Å². The smallest absolute Gasteiger partial charge is 0.124 e. The minimum Gasteiger partial charge on any atom is -0.496 e. The third-order valence-electron chi connectivity index (χ3n) is 1.96. The van der Waals surface area contributed by atoms with Crippen LogP contribution in [0.1, 0.15) is 11.1 Å². The SMILES string of the molecule is COCc1ccc(OC)c(COC)c1. The molecule has 0 aliphatic rings. The molecule has 0 atom stereocenters. The van der Waals surface area contributed by atoms with E-state index in [1.54, 1.807) is 21.3 Å². The standard InChI is InChI=1S/C11H16O3/c1-12-7-9-4-5-11(14-3)10(6-9)8-13-2/h4-6H,7-8H2,1-3H3. The Hall–Kier alpha value is -1.06. The molecular formula is C11H16O3. The number of hydrogen-bond donors (Lipinski definition) is 0. The first kappa shape index (κ1) is 11.0. The van der Waals surface area contributed by atoms with Crippen molar-refractivity contribution in [2.24, 2.45) is 0 Å². The van der Waals surface area contributed by atoms with E-state index >= 15 is 0 Å². The van der Waals surface area contributed by atoms with Crippen LogP contribution in [0.15, 0.2) is 18.2 Å². The zero-order valence-electron chi connectivity index (χ0n) is 8.87. The fraction of sp³-hybridized carbons (Fsp3) is 0.455. The summed E-state index contributed by atoms with van der Waals surface area (Å²) in [7, 11) is 5.01. The number of methoxy groups -OCH3 is 3. The van der Waals surface area contributed by atoms with Crippen molar-refractivity contribution in [3.63, 3.8) is 0 Å². The van der Waals surface area contributed by atoms with Gasteiger partial charge in [-0.2, -0.15) is 0 Å². The van der Waals surface area contributed by atoms with Crippen molar-refractivity contribution in [1.29, 1.82) is 0 Å². The summed E-state index contributed by atoms with van der Waals surface area (Å²) in [6.45, 7) is 1.17. The molecule has 0 unspecified atom stereocenters. The molecule has 0 spiro atoms. The van der Waals surface area contributed by atoms with E-state index in [9.17, 15) is 0 Å². The fourth-order valence-corrected chi connectivity index (χ4v) is 1.36. The van der Waals surface area contributed by atoms with Crippen LogP contribution in [0.25, 0.3) is 0 Å². The summed E-state index contributed by atoms with van der Waals surface area (Å²) in [6, 6.07) is 5.95. The van der Waals surface area contributed by atoms with E-state index in [4.69, 9.17) is 14.2 Å². The van der Waals surface area contributed by atoms with Gasteiger partial charge in [0.05, 0.1) is 20.3 Å². The summed E-state index contributed by atoms with van der Waals surface area (Å²) in [5, 5.41) is 0. The van der Waals surface area contributed by atoms with Gasteiger partial charge in [-0.3, -0.25) is 0 Å². The molecule has 0 N–H and O–H groups in total. The summed E-state index contributed by atoms with van der Waals surface area (Å²) < 4.78 is 15.3. The number of benzene rings is 1. The van der Waals surface area contributed by atoms with Gasteiger partial charge in [-0.15, -0.1) is 0 Å². The predicted octanol–water partition coefficient (Wildman–Crippen LogP) is 1.99. The third kappa shape index (κ3) is 2.72. The lowest BCUT2D eigenvalue weighted by Gasteiger charge is -2.09. The van der Waals surface area contributed by atoms with E-state index in [-0.39, 0.29) is 0 Å². The van der Waals surface area contributed by atoms with Crippen molar-refractivity contribution < 1.29 is 14.2 Å². The number of ether oxygens (including phenoxy) is 3. The number of rotatable bonds is 5. The first-order valence-corrected chi connectivity index (χ1v) is 4.45. The van der Waals surface area contributed by atoms with E-state index < -0.39 is 0 Å². The molecule has 0 saturated heterocycles. The molecule has 1 rings (SSSR count). The lowest BCUT2D eigenvalue weighted by molar-refractivity contribution is 0.177. The molecule has 3 heteroatoms. The molecule has 0 radical (unpaired) electrons. The Morgan fingerprint density at radius 3 is 2.29 bits per heavy atom. The molecule has 0 aliphatic carbocycles. The zero-order valence-corrected chi connectivity index (χ0v) is 8.87. The van der Waals surface area contributed by atoms with Crippen LogP contribution in [-0.4, -0.2) is 21.3 Å². The van der Waals surface area contributed by atoms with E-state index in [0.29, 0.717) is 13.2 Å². The maximum absolute atomic E-state index is 5.21. The molecule has 14 heavy (non-hydrogen) atoms. The van der Waals surface area contributed by atoms with Gasteiger partial charge in [-0.25, -0.2) is 0 Å². The van der Waals surface area contributed by atoms with E-state index in [2.05, 4.69) is 0 Å². The molecule has 0 fully saturated rings. The van der Waals surface area contributed by atoms with Crippen LogP contribution in [0.2, 0.25) is 0 Å². The first-order valence-electron chi connectivity index (χ1n) is 4.45. The average Bonchev–Trinajstić information content (AvgIpc) is 2.19. The Balaban J connectivity index is 2.88. The van der Waals surface area contributed by atoms with E-state index in [1.807, 2.05) is 18.2 Å². The van der Waals surface area contributed by atoms with Crippen LogP contribution < -0.4 is 4.74 Å². The van der Waals surface area contributed by atoms with Crippen LogP contribution in [0.5, 0.6) is 5.75 Å². The van der Waals surface area contributed by atoms with Crippen LogP contribution in [-0.2, 0) is 22.7 Å². The Morgan fingerprint density at radius 1 is 1.00 bits per heavy atom. The van der Waals surface area contributed by atoms with E-state index in [0.717, 1.165) is 16.9 Å². The quantitative estimate of drug-likeness (QED) is 0.720. The summed E-state index contributed by atoms with van der Waals surface area (Å²) in [6.07, 6.45) is 0. The Labute approximate surface area is 84.6 Å². The molecule has 1 aromatic rings. The van der Waals surface area contributed by atoms with Gasteiger partial charge in [0.1, 0.15) is 5.75 Å². The molecule has 1 aromatic carbocycles. The predicted molar refractivity (Wildman–Crippen MR) is 54.4 cm³/mol. The van der Waals surface area contributed by atoms with Crippen LogP contribution in [0, 0.1) is 0 Å². The van der Waals surface area contributed by atoms with Crippen molar-refractivity contribution in [3.05, 3.63) is 29.3 Å². The molecule has 0 aromatic heterocycles. The highest BCUT2D eigenvalue weighted by molar-refractivity contribution is 5.36. The largest absolute Gasteiger partial charge is 0.496 e. The highest BCUT2D eigenvalue weighted by atomic mass is 16.5. The normalized spacial score (nSPS) is 10.2. The van der Waals surface area contributed by atoms with Crippen molar-refractivity contribution in [3.8, 4) is 5.75 Å². The fourth-order valence-electron chi connectivity index (χ4n) is 1.36. The second-order valence-electron chi connectivity index (χ2n) is 3.01. The topological polar surface area (TPSA) is 27.7 Å². The lowest BCUT2D eigenvalue weighted by atomic mass is 10.1. The van der Waals surface area contributed by atoms with Gasteiger partial charge < -0.3 is 14.2 Å². The highest BCUT2D eigenvalue weighted by Gasteiger charge is 2.03. The first-order chi connectivity index (χ1) is 6.81. The summed E-state index contributed by atoms with van der Waals surface area (Å²) in [4.78, 5) is 0. The lowest BCUT2D eigenvalue weighted by Crippen LogP contribution is -1.96. The maximum atomic E-state index is 5.21. The summed E-state index contributed by atoms with van der Waals surface area (Å²) >= 11 is 0. The van der Waals surface area contributed by atoms with Crippen molar-refractivity contribution >= 4 is 0 Å². The maximum Gasteiger partial charge on any atom is 0.124 e. The molecule has 0 amide bonds. The second-order valence-corrected chi connectivity index (χ2v) is 3.01. The van der Waals surface area contributed by atoms with Crippen molar-refractivity contribution in [2.45, 2.75) is 13.2 Å². The van der Waals surface area contributed by atoms with Crippen LogP contribution >= 0.6 is 0 Å². The molecule has 0 bridgehead atoms. The molecule has 0 saturated carbocycles. The van der Waals surface area contributed by atoms with Gasteiger partial charge in [0.25, 0.3) is 0 Å². The minimum absolute atomic E-state index is 0.556. The molecule has 0 heterocycles. The monoisotopic (exact) mass is 196 g/mol. The van der Waals surface area contributed by atoms with Gasteiger partial charge >= 0.3 is 0 Å². The van der Waals surface area contributed by atoms with Crippen LogP contribution in [0.3, 0.4) is 0 Å². The van der Waals surface area contributed by atoms with Crippen LogP contribution in [0.4, 0.5) is 0 Å². The third-order valence-corrected chi connectivity index (χ3v) is 1.96. The molecular weight excluding hydrogens is 180 g/mol. The van der Waals surface area contributed by atoms with Gasteiger partial charge in [-0.05, 0) is 17.7 Å². The van der Waals surface area contributed by atoms with Gasteiger partial charge in [0, 0.05) is 19.8 Å². The van der Waals surface area contributed by atoms with Crippen molar-refractivity contribution in [2.75, 3.05) is 21.3 Å². The zero-order chi connectivity index (χ0) is 10.4. The minimum atomic E-state index is 0.556. The van der Waals surface area contributed by atoms with E-state index in [1.165, 1.54) is 0 Å². The molecule has 78 valence electrons. The van der Waals surface area contributed by atoms with Gasteiger partial charge in [0.15, 0.2) is 0 Å². The molecule has 3 nitrogen and oxygen atoms in total.